The number of hydrogen-bond acceptors (Lipinski definition) is 2. The molecule has 1 saturated carbocycles. The van der Waals surface area contributed by atoms with Gasteiger partial charge in [0.25, 0.3) is 5.91 Å². The van der Waals surface area contributed by atoms with Crippen molar-refractivity contribution in [2.45, 2.75) is 31.7 Å². The van der Waals surface area contributed by atoms with Crippen LogP contribution < -0.4 is 11.1 Å². The minimum absolute atomic E-state index is 0. The molecule has 2 unspecified atom stereocenters. The molecule has 1 fully saturated rings. The van der Waals surface area contributed by atoms with Crippen LogP contribution in [0.25, 0.3) is 0 Å². The Morgan fingerprint density at radius 3 is 2.56 bits per heavy atom. The summed E-state index contributed by atoms with van der Waals surface area (Å²) >= 11 is 0. The van der Waals surface area contributed by atoms with Gasteiger partial charge in [-0.2, -0.15) is 0 Å². The van der Waals surface area contributed by atoms with Crippen molar-refractivity contribution >= 4 is 18.3 Å². The Balaban J connectivity index is 0.00000162. The van der Waals surface area contributed by atoms with Crippen LogP contribution in [0.2, 0.25) is 0 Å². The van der Waals surface area contributed by atoms with Crippen LogP contribution in [0.5, 0.6) is 0 Å². The number of carbonyl (C=O) groups excluding carboxylic acids is 1. The minimum atomic E-state index is 0. The zero-order valence-electron chi connectivity index (χ0n) is 10.5. The predicted octanol–water partition coefficient (Wildman–Crippen LogP) is 2.36. The number of rotatable bonds is 3. The third-order valence-corrected chi connectivity index (χ3v) is 3.56. The molecule has 0 saturated heterocycles. The van der Waals surface area contributed by atoms with Crippen molar-refractivity contribution in [1.82, 2.24) is 5.32 Å². The fourth-order valence-corrected chi connectivity index (χ4v) is 2.52. The lowest BCUT2D eigenvalue weighted by Gasteiger charge is -2.31. The standard InChI is InChI=1S/C14H20N2O.ClH/c15-10-12-8-4-5-9-13(12)16-14(17)11-6-2-1-3-7-11;/h1-3,6-7,12-13H,4-5,8-10,15H2,(H,16,17);1H. The molecular weight excluding hydrogens is 248 g/mol. The Bertz CT molecular complexity index is 369. The number of carbonyl (C=O) groups is 1. The number of nitrogens with one attached hydrogen (secondary N) is 1. The molecule has 1 aromatic rings. The van der Waals surface area contributed by atoms with Crippen LogP contribution in [0, 0.1) is 5.92 Å². The molecule has 1 aliphatic carbocycles. The van der Waals surface area contributed by atoms with Crippen molar-refractivity contribution in [3.63, 3.8) is 0 Å². The third kappa shape index (κ3) is 3.72. The Morgan fingerprint density at radius 1 is 1.22 bits per heavy atom. The van der Waals surface area contributed by atoms with E-state index in [-0.39, 0.29) is 24.4 Å². The third-order valence-electron chi connectivity index (χ3n) is 3.56. The highest BCUT2D eigenvalue weighted by atomic mass is 35.5. The Morgan fingerprint density at radius 2 is 1.89 bits per heavy atom. The molecule has 3 nitrogen and oxygen atoms in total. The summed E-state index contributed by atoms with van der Waals surface area (Å²) in [4.78, 5) is 12.0. The quantitative estimate of drug-likeness (QED) is 0.884. The zero-order valence-corrected chi connectivity index (χ0v) is 11.3. The summed E-state index contributed by atoms with van der Waals surface area (Å²) in [7, 11) is 0. The first-order valence-corrected chi connectivity index (χ1v) is 6.37. The van der Waals surface area contributed by atoms with Crippen molar-refractivity contribution < 1.29 is 4.79 Å². The van der Waals surface area contributed by atoms with E-state index < -0.39 is 0 Å². The van der Waals surface area contributed by atoms with E-state index in [1.54, 1.807) is 0 Å². The van der Waals surface area contributed by atoms with Gasteiger partial charge in [0.2, 0.25) is 0 Å². The Labute approximate surface area is 115 Å². The SMILES string of the molecule is Cl.NCC1CCCCC1NC(=O)c1ccccc1. The number of benzene rings is 1. The number of amides is 1. The smallest absolute Gasteiger partial charge is 0.251 e. The maximum absolute atomic E-state index is 12.0. The molecule has 3 N–H and O–H groups in total. The largest absolute Gasteiger partial charge is 0.349 e. The molecule has 2 atom stereocenters. The maximum atomic E-state index is 12.0. The highest BCUT2D eigenvalue weighted by Crippen LogP contribution is 2.23. The first-order valence-electron chi connectivity index (χ1n) is 6.37. The van der Waals surface area contributed by atoms with Gasteiger partial charge in [0.1, 0.15) is 0 Å². The van der Waals surface area contributed by atoms with E-state index in [4.69, 9.17) is 5.73 Å². The lowest BCUT2D eigenvalue weighted by Crippen LogP contribution is -2.44. The monoisotopic (exact) mass is 268 g/mol. The number of nitrogens with two attached hydrogens (primary N) is 1. The molecule has 1 amide bonds. The summed E-state index contributed by atoms with van der Waals surface area (Å²) in [6.07, 6.45) is 4.62. The summed E-state index contributed by atoms with van der Waals surface area (Å²) in [5.74, 6) is 0.465. The van der Waals surface area contributed by atoms with Crippen molar-refractivity contribution in [1.29, 1.82) is 0 Å². The van der Waals surface area contributed by atoms with Gasteiger partial charge in [0, 0.05) is 11.6 Å². The minimum Gasteiger partial charge on any atom is -0.349 e. The highest BCUT2D eigenvalue weighted by molar-refractivity contribution is 5.94. The van der Waals surface area contributed by atoms with E-state index in [0.29, 0.717) is 12.5 Å². The van der Waals surface area contributed by atoms with Crippen molar-refractivity contribution in [2.24, 2.45) is 11.7 Å². The predicted molar refractivity (Wildman–Crippen MR) is 76.0 cm³/mol. The van der Waals surface area contributed by atoms with Crippen LogP contribution in [0.4, 0.5) is 0 Å². The van der Waals surface area contributed by atoms with Gasteiger partial charge in [-0.05, 0) is 37.4 Å². The molecule has 0 radical (unpaired) electrons. The molecular formula is C14H21ClN2O. The Kier molecular flexibility index (Phi) is 6.16. The number of hydrogen-bond donors (Lipinski definition) is 2. The molecule has 0 heterocycles. The maximum Gasteiger partial charge on any atom is 0.251 e. The van der Waals surface area contributed by atoms with Gasteiger partial charge in [-0.1, -0.05) is 31.0 Å². The first kappa shape index (κ1) is 15.0. The van der Waals surface area contributed by atoms with Crippen molar-refractivity contribution in [3.8, 4) is 0 Å². The van der Waals surface area contributed by atoms with E-state index in [0.717, 1.165) is 18.4 Å². The molecule has 100 valence electrons. The molecule has 2 rings (SSSR count). The molecule has 0 spiro atoms. The van der Waals surface area contributed by atoms with Gasteiger partial charge in [0.15, 0.2) is 0 Å². The van der Waals surface area contributed by atoms with Crippen LogP contribution in [-0.4, -0.2) is 18.5 Å². The van der Waals surface area contributed by atoms with Gasteiger partial charge in [-0.15, -0.1) is 12.4 Å². The van der Waals surface area contributed by atoms with Crippen molar-refractivity contribution in [2.75, 3.05) is 6.54 Å². The summed E-state index contributed by atoms with van der Waals surface area (Å²) in [6, 6.07) is 9.62. The molecule has 18 heavy (non-hydrogen) atoms. The normalized spacial score (nSPS) is 22.9. The van der Waals surface area contributed by atoms with Crippen LogP contribution >= 0.6 is 12.4 Å². The van der Waals surface area contributed by atoms with E-state index in [1.807, 2.05) is 30.3 Å². The van der Waals surface area contributed by atoms with Gasteiger partial charge >= 0.3 is 0 Å². The fraction of sp³-hybridized carbons (Fsp3) is 0.500. The van der Waals surface area contributed by atoms with Crippen molar-refractivity contribution in [3.05, 3.63) is 35.9 Å². The summed E-state index contributed by atoms with van der Waals surface area (Å²) in [6.45, 7) is 0.666. The lowest BCUT2D eigenvalue weighted by molar-refractivity contribution is 0.0908. The first-order chi connectivity index (χ1) is 8.31. The second-order valence-corrected chi connectivity index (χ2v) is 4.73. The van der Waals surface area contributed by atoms with Gasteiger partial charge in [0.05, 0.1) is 0 Å². The van der Waals surface area contributed by atoms with Crippen LogP contribution in [0.3, 0.4) is 0 Å². The van der Waals surface area contributed by atoms with E-state index >= 15 is 0 Å². The summed E-state index contributed by atoms with van der Waals surface area (Å²) < 4.78 is 0. The molecule has 0 aliphatic heterocycles. The summed E-state index contributed by atoms with van der Waals surface area (Å²) in [5.41, 5.74) is 6.49. The Hall–Kier alpha value is -1.06. The topological polar surface area (TPSA) is 55.1 Å². The summed E-state index contributed by atoms with van der Waals surface area (Å²) in [5, 5.41) is 3.12. The van der Waals surface area contributed by atoms with E-state index in [1.165, 1.54) is 12.8 Å². The lowest BCUT2D eigenvalue weighted by atomic mass is 9.84. The van der Waals surface area contributed by atoms with Gasteiger partial charge < -0.3 is 11.1 Å². The number of halogens is 1. The molecule has 1 aliphatic rings. The van der Waals surface area contributed by atoms with Crippen LogP contribution in [-0.2, 0) is 0 Å². The average Bonchev–Trinajstić information content (AvgIpc) is 2.40. The fourth-order valence-electron chi connectivity index (χ4n) is 2.52. The van der Waals surface area contributed by atoms with Crippen LogP contribution in [0.1, 0.15) is 36.0 Å². The highest BCUT2D eigenvalue weighted by Gasteiger charge is 2.25. The van der Waals surface area contributed by atoms with Gasteiger partial charge in [-0.25, -0.2) is 0 Å². The second-order valence-electron chi connectivity index (χ2n) is 4.73. The van der Waals surface area contributed by atoms with Crippen LogP contribution in [0.15, 0.2) is 30.3 Å². The van der Waals surface area contributed by atoms with Gasteiger partial charge in [-0.3, -0.25) is 4.79 Å². The second kappa shape index (κ2) is 7.39. The zero-order chi connectivity index (χ0) is 12.1. The molecule has 4 heteroatoms. The molecule has 0 aromatic heterocycles. The molecule has 1 aromatic carbocycles. The average molecular weight is 269 g/mol. The molecule has 0 bridgehead atoms. The van der Waals surface area contributed by atoms with E-state index in [9.17, 15) is 4.79 Å². The van der Waals surface area contributed by atoms with E-state index in [2.05, 4.69) is 5.32 Å².